The molecule has 1 rings (SSSR count). The summed E-state index contributed by atoms with van der Waals surface area (Å²) in [5.41, 5.74) is 1.41. The van der Waals surface area contributed by atoms with Crippen LogP contribution in [0.15, 0.2) is 24.3 Å². The zero-order chi connectivity index (χ0) is 17.5. The van der Waals surface area contributed by atoms with Gasteiger partial charge in [-0.2, -0.15) is 0 Å². The number of rotatable bonds is 15. The number of ether oxygens (including phenoxy) is 1. The Hall–Kier alpha value is -0.440. The monoisotopic (exact) mass is 373 g/mol. The quantitative estimate of drug-likeness (QED) is 0.286. The van der Waals surface area contributed by atoms with Crippen LogP contribution >= 0.6 is 23.2 Å². The van der Waals surface area contributed by atoms with Gasteiger partial charge in [0.25, 0.3) is 0 Å². The molecule has 2 nitrogen and oxygen atoms in total. The maximum atomic E-state index is 5.83. The molecule has 0 amide bonds. The minimum absolute atomic E-state index is 0.629. The van der Waals surface area contributed by atoms with Gasteiger partial charge in [0.2, 0.25) is 0 Å². The van der Waals surface area contributed by atoms with Gasteiger partial charge in [-0.3, -0.25) is 4.90 Å². The van der Waals surface area contributed by atoms with Crippen molar-refractivity contribution in [3.63, 3.8) is 0 Å². The Labute approximate surface area is 158 Å². The maximum absolute atomic E-state index is 5.83. The SMILES string of the molecule is CCCCCCCCc1ccc(OCCN(CCCl)CCCl)cc1. The van der Waals surface area contributed by atoms with Gasteiger partial charge in [-0.25, -0.2) is 0 Å². The zero-order valence-corrected chi connectivity index (χ0v) is 16.6. The summed E-state index contributed by atoms with van der Waals surface area (Å²) >= 11 is 11.6. The topological polar surface area (TPSA) is 12.5 Å². The Bertz CT molecular complexity index is 391. The van der Waals surface area contributed by atoms with Crippen LogP contribution in [0.3, 0.4) is 0 Å². The number of alkyl halides is 2. The number of nitrogens with zero attached hydrogens (tertiary/aromatic N) is 1. The Morgan fingerprint density at radius 1 is 0.833 bits per heavy atom. The summed E-state index contributed by atoms with van der Waals surface area (Å²) in [5.74, 6) is 2.20. The third-order valence-electron chi connectivity index (χ3n) is 4.22. The molecule has 0 saturated carbocycles. The lowest BCUT2D eigenvalue weighted by Crippen LogP contribution is -2.32. The Balaban J connectivity index is 2.19. The summed E-state index contributed by atoms with van der Waals surface area (Å²) in [6, 6.07) is 8.55. The van der Waals surface area contributed by atoms with E-state index in [4.69, 9.17) is 27.9 Å². The fourth-order valence-corrected chi connectivity index (χ4v) is 3.21. The number of unbranched alkanes of at least 4 members (excludes halogenated alkanes) is 5. The Morgan fingerprint density at radius 3 is 2.08 bits per heavy atom. The second-order valence-corrected chi connectivity index (χ2v) is 6.99. The highest BCUT2D eigenvalue weighted by Gasteiger charge is 2.04. The molecule has 0 heterocycles. The van der Waals surface area contributed by atoms with Crippen molar-refractivity contribution in [1.29, 1.82) is 0 Å². The van der Waals surface area contributed by atoms with Gasteiger partial charge in [0.15, 0.2) is 0 Å². The molecule has 0 unspecified atom stereocenters. The van der Waals surface area contributed by atoms with Crippen molar-refractivity contribution in [2.75, 3.05) is 38.0 Å². The van der Waals surface area contributed by atoms with Crippen molar-refractivity contribution in [2.24, 2.45) is 0 Å². The van der Waals surface area contributed by atoms with Crippen LogP contribution in [0.1, 0.15) is 51.0 Å². The Kier molecular flexibility index (Phi) is 13.4. The van der Waals surface area contributed by atoms with Gasteiger partial charge in [0, 0.05) is 31.4 Å². The van der Waals surface area contributed by atoms with Crippen LogP contribution in [0.2, 0.25) is 0 Å². The van der Waals surface area contributed by atoms with Gasteiger partial charge in [-0.15, -0.1) is 23.2 Å². The highest BCUT2D eigenvalue weighted by molar-refractivity contribution is 6.18. The maximum Gasteiger partial charge on any atom is 0.119 e. The van der Waals surface area contributed by atoms with Crippen molar-refractivity contribution in [1.82, 2.24) is 4.90 Å². The number of benzene rings is 1. The lowest BCUT2D eigenvalue weighted by atomic mass is 10.0. The molecule has 0 saturated heterocycles. The second kappa shape index (κ2) is 14.9. The fraction of sp³-hybridized carbons (Fsp3) is 0.700. The van der Waals surface area contributed by atoms with Crippen LogP contribution in [-0.2, 0) is 6.42 Å². The molecule has 0 fully saturated rings. The minimum atomic E-state index is 0.629. The first-order chi connectivity index (χ1) is 11.8. The average molecular weight is 374 g/mol. The fourth-order valence-electron chi connectivity index (χ4n) is 2.73. The van der Waals surface area contributed by atoms with E-state index < -0.39 is 0 Å². The van der Waals surface area contributed by atoms with E-state index in [2.05, 4.69) is 36.1 Å². The molecule has 24 heavy (non-hydrogen) atoms. The molecule has 0 aliphatic rings. The van der Waals surface area contributed by atoms with Gasteiger partial charge < -0.3 is 4.74 Å². The van der Waals surface area contributed by atoms with E-state index >= 15 is 0 Å². The van der Waals surface area contributed by atoms with Crippen molar-refractivity contribution >= 4 is 23.2 Å². The average Bonchev–Trinajstić information content (AvgIpc) is 2.59. The van der Waals surface area contributed by atoms with Crippen molar-refractivity contribution in [3.8, 4) is 5.75 Å². The van der Waals surface area contributed by atoms with E-state index in [1.165, 1.54) is 50.5 Å². The molecule has 0 aromatic heterocycles. The molecule has 138 valence electrons. The lowest BCUT2D eigenvalue weighted by Gasteiger charge is -2.20. The summed E-state index contributed by atoms with van der Waals surface area (Å²) in [6.45, 7) is 5.50. The Morgan fingerprint density at radius 2 is 1.46 bits per heavy atom. The van der Waals surface area contributed by atoms with Crippen LogP contribution in [0.25, 0.3) is 0 Å². The molecule has 1 aromatic rings. The highest BCUT2D eigenvalue weighted by atomic mass is 35.5. The summed E-state index contributed by atoms with van der Waals surface area (Å²) in [4.78, 5) is 2.23. The van der Waals surface area contributed by atoms with E-state index in [0.717, 1.165) is 25.4 Å². The molecule has 0 aliphatic carbocycles. The zero-order valence-electron chi connectivity index (χ0n) is 15.1. The van der Waals surface area contributed by atoms with Crippen LogP contribution in [0.5, 0.6) is 5.75 Å². The first-order valence-corrected chi connectivity index (χ1v) is 10.4. The first kappa shape index (κ1) is 21.6. The molecule has 0 atom stereocenters. The molecule has 1 aromatic carbocycles. The number of hydrogen-bond donors (Lipinski definition) is 0. The van der Waals surface area contributed by atoms with Gasteiger partial charge in [-0.1, -0.05) is 51.2 Å². The number of halogens is 2. The molecule has 0 spiro atoms. The highest BCUT2D eigenvalue weighted by Crippen LogP contribution is 2.15. The molecule has 0 radical (unpaired) electrons. The number of aryl methyl sites for hydroxylation is 1. The first-order valence-electron chi connectivity index (χ1n) is 9.36. The summed E-state index contributed by atoms with van der Waals surface area (Å²) in [6.07, 6.45) is 9.25. The largest absolute Gasteiger partial charge is 0.492 e. The minimum Gasteiger partial charge on any atom is -0.492 e. The molecular formula is C20H33Cl2NO. The van der Waals surface area contributed by atoms with E-state index in [0.29, 0.717) is 18.4 Å². The second-order valence-electron chi connectivity index (χ2n) is 6.23. The van der Waals surface area contributed by atoms with Crippen molar-refractivity contribution in [3.05, 3.63) is 29.8 Å². The van der Waals surface area contributed by atoms with Crippen LogP contribution in [-0.4, -0.2) is 42.9 Å². The van der Waals surface area contributed by atoms with E-state index in [1.807, 2.05) is 0 Å². The van der Waals surface area contributed by atoms with E-state index in [-0.39, 0.29) is 0 Å². The molecule has 4 heteroatoms. The lowest BCUT2D eigenvalue weighted by molar-refractivity contribution is 0.224. The van der Waals surface area contributed by atoms with Crippen molar-refractivity contribution < 1.29 is 4.74 Å². The smallest absolute Gasteiger partial charge is 0.119 e. The van der Waals surface area contributed by atoms with Gasteiger partial charge >= 0.3 is 0 Å². The molecular weight excluding hydrogens is 341 g/mol. The predicted octanol–water partition coefficient (Wildman–Crippen LogP) is 5.75. The van der Waals surface area contributed by atoms with Crippen LogP contribution in [0, 0.1) is 0 Å². The number of hydrogen-bond acceptors (Lipinski definition) is 2. The van der Waals surface area contributed by atoms with Gasteiger partial charge in [-0.05, 0) is 30.5 Å². The summed E-state index contributed by atoms with van der Waals surface area (Å²) in [7, 11) is 0. The van der Waals surface area contributed by atoms with Gasteiger partial charge in [0.1, 0.15) is 12.4 Å². The van der Waals surface area contributed by atoms with E-state index in [9.17, 15) is 0 Å². The van der Waals surface area contributed by atoms with Crippen LogP contribution in [0.4, 0.5) is 0 Å². The van der Waals surface area contributed by atoms with E-state index in [1.54, 1.807) is 0 Å². The summed E-state index contributed by atoms with van der Waals surface area (Å²) in [5, 5.41) is 0. The molecule has 0 aliphatic heterocycles. The standard InChI is InChI=1S/C20H33Cl2NO/c1-2-3-4-5-6-7-8-19-9-11-20(12-10-19)24-18-17-23(15-13-21)16-14-22/h9-12H,2-8,13-18H2,1H3. The third-order valence-corrected chi connectivity index (χ3v) is 4.56. The molecule has 0 N–H and O–H groups in total. The third kappa shape index (κ3) is 10.4. The van der Waals surface area contributed by atoms with Crippen LogP contribution < -0.4 is 4.74 Å². The van der Waals surface area contributed by atoms with Gasteiger partial charge in [0.05, 0.1) is 0 Å². The van der Waals surface area contributed by atoms with Crippen molar-refractivity contribution in [2.45, 2.75) is 51.9 Å². The normalized spacial score (nSPS) is 11.2. The molecule has 0 bridgehead atoms. The summed E-state index contributed by atoms with van der Waals surface area (Å²) < 4.78 is 5.83. The predicted molar refractivity (Wildman–Crippen MR) is 107 cm³/mol.